The van der Waals surface area contributed by atoms with Crippen molar-refractivity contribution in [2.24, 2.45) is 10.7 Å². The van der Waals surface area contributed by atoms with Gasteiger partial charge < -0.3 is 15.2 Å². The summed E-state index contributed by atoms with van der Waals surface area (Å²) in [5.74, 6) is 2.28. The van der Waals surface area contributed by atoms with Gasteiger partial charge in [0.05, 0.1) is 35.5 Å². The summed E-state index contributed by atoms with van der Waals surface area (Å²) in [5.41, 5.74) is 9.37. The van der Waals surface area contributed by atoms with Gasteiger partial charge in [-0.05, 0) is 13.3 Å². The van der Waals surface area contributed by atoms with E-state index in [2.05, 4.69) is 22.3 Å². The number of nitrogens with zero attached hydrogens (tertiary/aromatic N) is 5. The zero-order chi connectivity index (χ0) is 20.8. The first-order valence-corrected chi connectivity index (χ1v) is 10.6. The van der Waals surface area contributed by atoms with Crippen molar-refractivity contribution in [2.75, 3.05) is 18.5 Å². The summed E-state index contributed by atoms with van der Waals surface area (Å²) in [6.07, 6.45) is 2.43. The fraction of sp³-hybridized carbons (Fsp3) is 0.450. The summed E-state index contributed by atoms with van der Waals surface area (Å²) in [6.45, 7) is 6.08. The first-order valence-electron chi connectivity index (χ1n) is 10.2. The molecule has 3 N–H and O–H groups in total. The molecular formula is C20H24ClN7O2. The summed E-state index contributed by atoms with van der Waals surface area (Å²) >= 11 is 6.76. The number of imidazole rings is 1. The number of ether oxygens (including phenoxy) is 2. The maximum Gasteiger partial charge on any atom is 0.212 e. The van der Waals surface area contributed by atoms with Gasteiger partial charge in [0.1, 0.15) is 5.15 Å². The van der Waals surface area contributed by atoms with Crippen LogP contribution in [0.5, 0.6) is 11.5 Å². The Bertz CT molecular complexity index is 1150. The zero-order valence-corrected chi connectivity index (χ0v) is 17.7. The van der Waals surface area contributed by atoms with E-state index in [0.29, 0.717) is 35.8 Å². The lowest BCUT2D eigenvalue weighted by Gasteiger charge is -2.23. The van der Waals surface area contributed by atoms with Gasteiger partial charge in [-0.15, -0.1) is 0 Å². The number of halogens is 1. The van der Waals surface area contributed by atoms with Crippen molar-refractivity contribution in [2.45, 2.75) is 45.8 Å². The fourth-order valence-electron chi connectivity index (χ4n) is 3.93. The summed E-state index contributed by atoms with van der Waals surface area (Å²) in [7, 11) is 0. The lowest BCUT2D eigenvalue weighted by Crippen LogP contribution is -2.31. The highest BCUT2D eigenvalue weighted by Crippen LogP contribution is 2.41. The molecule has 30 heavy (non-hydrogen) atoms. The molecule has 4 heterocycles. The number of rotatable bonds is 4. The Morgan fingerprint density at radius 2 is 2.03 bits per heavy atom. The number of aromatic nitrogens is 4. The predicted molar refractivity (Wildman–Crippen MR) is 116 cm³/mol. The molecule has 2 aliphatic rings. The van der Waals surface area contributed by atoms with E-state index in [0.717, 1.165) is 48.1 Å². The van der Waals surface area contributed by atoms with Gasteiger partial charge in [-0.25, -0.2) is 9.98 Å². The molecule has 0 spiro atoms. The number of aryl methyl sites for hydroxylation is 2. The monoisotopic (exact) mass is 429 g/mol. The normalized spacial score (nSPS) is 18.0. The first kappa shape index (κ1) is 19.0. The number of hydrogen-bond acceptors (Lipinski definition) is 7. The minimum Gasteiger partial charge on any atom is -0.489 e. The van der Waals surface area contributed by atoms with Crippen molar-refractivity contribution >= 4 is 34.5 Å². The van der Waals surface area contributed by atoms with E-state index in [-0.39, 0.29) is 5.96 Å². The molecule has 158 valence electrons. The number of hydrogen-bond donors (Lipinski definition) is 2. The second-order valence-electron chi connectivity index (χ2n) is 7.52. The van der Waals surface area contributed by atoms with E-state index < -0.39 is 6.17 Å². The van der Waals surface area contributed by atoms with Gasteiger partial charge >= 0.3 is 0 Å². The van der Waals surface area contributed by atoms with Crippen LogP contribution in [0.25, 0.3) is 11.0 Å². The van der Waals surface area contributed by atoms with Gasteiger partial charge in [0.15, 0.2) is 23.6 Å². The van der Waals surface area contributed by atoms with Gasteiger partial charge in [0.25, 0.3) is 0 Å². The minimum atomic E-state index is -0.473. The van der Waals surface area contributed by atoms with Crippen molar-refractivity contribution in [3.05, 3.63) is 28.5 Å². The highest BCUT2D eigenvalue weighted by Gasteiger charge is 2.31. The molecule has 9 nitrogen and oxygen atoms in total. The van der Waals surface area contributed by atoms with Crippen LogP contribution in [0.3, 0.4) is 0 Å². The average Bonchev–Trinajstić information content (AvgIpc) is 3.09. The second-order valence-corrected chi connectivity index (χ2v) is 7.88. The number of unbranched alkanes of at least 4 members (excludes halogenated alkanes) is 1. The summed E-state index contributed by atoms with van der Waals surface area (Å²) in [4.78, 5) is 9.38. The highest BCUT2D eigenvalue weighted by molar-refractivity contribution is 6.30. The van der Waals surface area contributed by atoms with Crippen molar-refractivity contribution in [1.82, 2.24) is 19.3 Å². The number of nitrogens with one attached hydrogen (secondary N) is 1. The molecule has 1 aromatic carbocycles. The minimum absolute atomic E-state index is 0.286. The van der Waals surface area contributed by atoms with Crippen LogP contribution >= 0.6 is 11.6 Å². The number of anilines is 1. The van der Waals surface area contributed by atoms with Crippen LogP contribution in [0.15, 0.2) is 17.1 Å². The Kier molecular flexibility index (Phi) is 4.69. The van der Waals surface area contributed by atoms with Crippen molar-refractivity contribution in [3.63, 3.8) is 0 Å². The van der Waals surface area contributed by atoms with Gasteiger partial charge in [-0.1, -0.05) is 24.9 Å². The topological polar surface area (TPSA) is 105 Å². The molecule has 1 unspecified atom stereocenters. The third kappa shape index (κ3) is 3.04. The highest BCUT2D eigenvalue weighted by atomic mass is 35.5. The number of guanidine groups is 1. The van der Waals surface area contributed by atoms with E-state index in [9.17, 15) is 0 Å². The van der Waals surface area contributed by atoms with Crippen LogP contribution < -0.4 is 20.5 Å². The SMILES string of the molecule is CCCCn1nc(C)c(C2N=C(N)Nc3nc4cc5c(cc4n32)OCCCO5)c1Cl. The molecule has 3 aromatic rings. The maximum atomic E-state index is 6.76. The van der Waals surface area contributed by atoms with Gasteiger partial charge in [0, 0.05) is 25.1 Å². The van der Waals surface area contributed by atoms with Crippen molar-refractivity contribution < 1.29 is 9.47 Å². The maximum absolute atomic E-state index is 6.76. The van der Waals surface area contributed by atoms with Crippen LogP contribution in [0.2, 0.25) is 5.15 Å². The predicted octanol–water partition coefficient (Wildman–Crippen LogP) is 3.44. The lowest BCUT2D eigenvalue weighted by atomic mass is 10.2. The Morgan fingerprint density at radius 3 is 2.80 bits per heavy atom. The molecule has 0 fully saturated rings. The molecule has 0 saturated heterocycles. The van der Waals surface area contributed by atoms with Crippen molar-refractivity contribution in [1.29, 1.82) is 0 Å². The number of benzene rings is 1. The first-order chi connectivity index (χ1) is 14.6. The Hall–Kier alpha value is -2.94. The van der Waals surface area contributed by atoms with E-state index >= 15 is 0 Å². The van der Waals surface area contributed by atoms with E-state index in [4.69, 9.17) is 31.8 Å². The largest absolute Gasteiger partial charge is 0.489 e. The zero-order valence-electron chi connectivity index (χ0n) is 17.0. The van der Waals surface area contributed by atoms with Crippen LogP contribution in [0, 0.1) is 6.92 Å². The molecule has 0 aliphatic carbocycles. The van der Waals surface area contributed by atoms with Crippen LogP contribution in [-0.4, -0.2) is 38.5 Å². The molecule has 1 atom stereocenters. The number of fused-ring (bicyclic) bond motifs is 4. The summed E-state index contributed by atoms with van der Waals surface area (Å²) in [6, 6.07) is 3.85. The third-order valence-corrected chi connectivity index (χ3v) is 5.79. The van der Waals surface area contributed by atoms with Gasteiger partial charge in [0.2, 0.25) is 5.95 Å². The molecule has 0 amide bonds. The lowest BCUT2D eigenvalue weighted by molar-refractivity contribution is 0.297. The van der Waals surface area contributed by atoms with Gasteiger partial charge in [-0.3, -0.25) is 14.6 Å². The third-order valence-electron chi connectivity index (χ3n) is 5.40. The smallest absolute Gasteiger partial charge is 0.212 e. The Morgan fingerprint density at radius 1 is 1.27 bits per heavy atom. The molecule has 0 bridgehead atoms. The summed E-state index contributed by atoms with van der Waals surface area (Å²) < 4.78 is 15.5. The molecule has 2 aromatic heterocycles. The number of nitrogens with two attached hydrogens (primary N) is 1. The van der Waals surface area contributed by atoms with Crippen LogP contribution in [-0.2, 0) is 6.54 Å². The average molecular weight is 430 g/mol. The Balaban J connectivity index is 1.67. The molecule has 0 radical (unpaired) electrons. The molecular weight excluding hydrogens is 406 g/mol. The molecule has 5 rings (SSSR count). The Labute approximate surface area is 178 Å². The van der Waals surface area contributed by atoms with E-state index in [1.807, 2.05) is 28.3 Å². The molecule has 2 aliphatic heterocycles. The van der Waals surface area contributed by atoms with E-state index in [1.54, 1.807) is 0 Å². The van der Waals surface area contributed by atoms with E-state index in [1.165, 1.54) is 0 Å². The fourth-order valence-corrected chi connectivity index (χ4v) is 4.29. The quantitative estimate of drug-likeness (QED) is 0.658. The van der Waals surface area contributed by atoms with Crippen LogP contribution in [0.1, 0.15) is 43.6 Å². The van der Waals surface area contributed by atoms with Gasteiger partial charge in [-0.2, -0.15) is 5.10 Å². The number of aliphatic imine (C=N–C) groups is 1. The molecule has 0 saturated carbocycles. The molecule has 10 heteroatoms. The second kappa shape index (κ2) is 7.39. The summed E-state index contributed by atoms with van der Waals surface area (Å²) in [5, 5.41) is 8.28. The standard InChI is InChI=1S/C20H24ClN7O2/c1-3-4-6-27-17(21)16(11(2)26-27)18-24-19(22)25-20-23-12-9-14-15(10-13(12)28(18)20)30-8-5-7-29-14/h9-10,18H,3-8H2,1-2H3,(H3,22,23,24,25). The van der Waals surface area contributed by atoms with Crippen molar-refractivity contribution in [3.8, 4) is 11.5 Å². The van der Waals surface area contributed by atoms with Crippen LogP contribution in [0.4, 0.5) is 5.95 Å².